The Balaban J connectivity index is 1.39. The van der Waals surface area contributed by atoms with Crippen LogP contribution in [0, 0.1) is 5.41 Å². The number of benzene rings is 1. The Morgan fingerprint density at radius 3 is 2.92 bits per heavy atom. The summed E-state index contributed by atoms with van der Waals surface area (Å²) in [7, 11) is 0. The van der Waals surface area contributed by atoms with Gasteiger partial charge in [0.15, 0.2) is 17.1 Å². The van der Waals surface area contributed by atoms with Crippen LogP contribution in [0.1, 0.15) is 11.9 Å². The highest BCUT2D eigenvalue weighted by atomic mass is 35.5. The van der Waals surface area contributed by atoms with Crippen LogP contribution in [-0.4, -0.2) is 32.7 Å². The van der Waals surface area contributed by atoms with E-state index in [1.165, 1.54) is 5.57 Å². The van der Waals surface area contributed by atoms with Crippen LogP contribution in [0.2, 0.25) is 5.15 Å². The summed E-state index contributed by atoms with van der Waals surface area (Å²) >= 11 is 6.11. The van der Waals surface area contributed by atoms with E-state index in [0.717, 1.165) is 5.56 Å². The smallest absolute Gasteiger partial charge is 0.223 e. The lowest BCUT2D eigenvalue weighted by molar-refractivity contribution is -0.136. The molecule has 26 heavy (non-hydrogen) atoms. The number of hydrogen-bond acceptors (Lipinski definition) is 6. The molecule has 0 radical (unpaired) electrons. The molecule has 1 saturated heterocycles. The average Bonchev–Trinajstić information content (AvgIpc) is 3.21. The minimum Gasteiger partial charge on any atom is -0.368 e. The highest BCUT2D eigenvalue weighted by molar-refractivity contribution is 6.33. The van der Waals surface area contributed by atoms with Gasteiger partial charge in [-0.15, -0.1) is 0 Å². The minimum absolute atomic E-state index is 0.135. The molecular weight excluding hydrogens is 354 g/mol. The topological polar surface area (TPSA) is 88.1 Å². The van der Waals surface area contributed by atoms with Crippen LogP contribution in [0.5, 0.6) is 0 Å². The van der Waals surface area contributed by atoms with Crippen LogP contribution < -0.4 is 5.73 Å². The van der Waals surface area contributed by atoms with Crippen molar-refractivity contribution in [2.24, 2.45) is 5.41 Å². The molecule has 1 fully saturated rings. The molecule has 3 aromatic rings. The van der Waals surface area contributed by atoms with E-state index in [4.69, 9.17) is 26.8 Å². The lowest BCUT2D eigenvalue weighted by atomic mass is 10.0. The third-order valence-corrected chi connectivity index (χ3v) is 5.12. The summed E-state index contributed by atoms with van der Waals surface area (Å²) in [5.41, 5.74) is 8.98. The first kappa shape index (κ1) is 15.7. The maximum absolute atomic E-state index is 6.11. The Hall–Kier alpha value is -2.48. The maximum atomic E-state index is 6.11. The van der Waals surface area contributed by atoms with Crippen LogP contribution in [0.4, 0.5) is 5.95 Å². The summed E-state index contributed by atoms with van der Waals surface area (Å²) in [5.74, 6) is 0.135. The normalized spacial score (nSPS) is 24.8. The fourth-order valence-electron chi connectivity index (χ4n) is 3.40. The van der Waals surface area contributed by atoms with Gasteiger partial charge < -0.3 is 19.8 Å². The van der Waals surface area contributed by atoms with Gasteiger partial charge in [0, 0.05) is 12.1 Å². The second kappa shape index (κ2) is 5.77. The molecule has 0 amide bonds. The SMILES string of the molecule is Nc1nc(Cl)c2ncn(C[C@]34C=C3COC(c3ccccc3)OC4)c2n1. The number of hydrogen-bond donors (Lipinski definition) is 1. The summed E-state index contributed by atoms with van der Waals surface area (Å²) in [5, 5.41) is 0.261. The van der Waals surface area contributed by atoms with Crippen LogP contribution in [0.25, 0.3) is 11.2 Å². The Labute approximate surface area is 154 Å². The van der Waals surface area contributed by atoms with Gasteiger partial charge in [-0.3, -0.25) is 0 Å². The van der Waals surface area contributed by atoms with E-state index < -0.39 is 0 Å². The van der Waals surface area contributed by atoms with Gasteiger partial charge in [-0.1, -0.05) is 48.0 Å². The monoisotopic (exact) mass is 369 g/mol. The number of imidazole rings is 1. The van der Waals surface area contributed by atoms with E-state index in [1.807, 2.05) is 34.9 Å². The van der Waals surface area contributed by atoms with Gasteiger partial charge in [-0.25, -0.2) is 4.98 Å². The largest absolute Gasteiger partial charge is 0.368 e. The molecule has 2 atom stereocenters. The first-order valence-corrected chi connectivity index (χ1v) is 8.67. The summed E-state index contributed by atoms with van der Waals surface area (Å²) in [6, 6.07) is 9.95. The van der Waals surface area contributed by atoms with Gasteiger partial charge in [0.05, 0.1) is 25.0 Å². The first-order valence-electron chi connectivity index (χ1n) is 8.29. The summed E-state index contributed by atoms with van der Waals surface area (Å²) in [6.45, 7) is 1.73. The van der Waals surface area contributed by atoms with Gasteiger partial charge in [-0.2, -0.15) is 9.97 Å². The van der Waals surface area contributed by atoms with E-state index in [1.54, 1.807) is 6.33 Å². The predicted molar refractivity (Wildman–Crippen MR) is 96.3 cm³/mol. The molecular formula is C18H16ClN5O2. The molecule has 1 aliphatic carbocycles. The van der Waals surface area contributed by atoms with Crippen molar-refractivity contribution < 1.29 is 9.47 Å². The van der Waals surface area contributed by atoms with Crippen molar-refractivity contribution in [3.63, 3.8) is 0 Å². The maximum Gasteiger partial charge on any atom is 0.223 e. The fourth-order valence-corrected chi connectivity index (χ4v) is 3.62. The second-order valence-corrected chi connectivity index (χ2v) is 6.97. The van der Waals surface area contributed by atoms with Gasteiger partial charge in [-0.05, 0) is 5.57 Å². The van der Waals surface area contributed by atoms with Gasteiger partial charge in [0.1, 0.15) is 5.52 Å². The summed E-state index contributed by atoms with van der Waals surface area (Å²) < 4.78 is 13.9. The van der Waals surface area contributed by atoms with E-state index in [2.05, 4.69) is 21.0 Å². The molecule has 132 valence electrons. The van der Waals surface area contributed by atoms with Crippen molar-refractivity contribution in [1.82, 2.24) is 19.5 Å². The number of ether oxygens (including phenoxy) is 2. The Kier molecular flexibility index (Phi) is 3.49. The summed E-state index contributed by atoms with van der Waals surface area (Å²) in [4.78, 5) is 12.5. The molecule has 3 heterocycles. The van der Waals surface area contributed by atoms with Crippen molar-refractivity contribution in [2.75, 3.05) is 18.9 Å². The van der Waals surface area contributed by atoms with Crippen molar-refractivity contribution in [2.45, 2.75) is 12.8 Å². The molecule has 0 bridgehead atoms. The third-order valence-electron chi connectivity index (χ3n) is 4.85. The zero-order chi connectivity index (χ0) is 17.7. The number of nitrogens with two attached hydrogens (primary N) is 1. The molecule has 1 aromatic carbocycles. The molecule has 7 nitrogen and oxygen atoms in total. The van der Waals surface area contributed by atoms with E-state index >= 15 is 0 Å². The fraction of sp³-hybridized carbons (Fsp3) is 0.278. The van der Waals surface area contributed by atoms with Crippen LogP contribution in [0.15, 0.2) is 48.3 Å². The second-order valence-electron chi connectivity index (χ2n) is 6.61. The molecule has 0 saturated carbocycles. The number of aromatic nitrogens is 4. The van der Waals surface area contributed by atoms with E-state index in [0.29, 0.717) is 30.9 Å². The number of rotatable bonds is 3. The molecule has 2 aliphatic rings. The van der Waals surface area contributed by atoms with Crippen LogP contribution >= 0.6 is 11.6 Å². The van der Waals surface area contributed by atoms with E-state index in [9.17, 15) is 0 Å². The lowest BCUT2D eigenvalue weighted by Gasteiger charge is -2.20. The van der Waals surface area contributed by atoms with Gasteiger partial charge in [0.25, 0.3) is 0 Å². The Bertz CT molecular complexity index is 1020. The average molecular weight is 370 g/mol. The van der Waals surface area contributed by atoms with Crippen molar-refractivity contribution >= 4 is 28.7 Å². The number of nitrogen functional groups attached to an aromatic ring is 1. The Morgan fingerprint density at radius 1 is 1.23 bits per heavy atom. The molecule has 0 spiro atoms. The lowest BCUT2D eigenvalue weighted by Crippen LogP contribution is -2.21. The van der Waals surface area contributed by atoms with E-state index in [-0.39, 0.29) is 22.8 Å². The quantitative estimate of drug-likeness (QED) is 0.564. The van der Waals surface area contributed by atoms with Crippen LogP contribution in [-0.2, 0) is 16.0 Å². The Morgan fingerprint density at radius 2 is 2.08 bits per heavy atom. The van der Waals surface area contributed by atoms with Crippen molar-refractivity contribution in [3.05, 3.63) is 59.0 Å². The van der Waals surface area contributed by atoms with Crippen LogP contribution in [0.3, 0.4) is 0 Å². The number of fused-ring (bicyclic) bond motifs is 2. The zero-order valence-electron chi connectivity index (χ0n) is 13.8. The number of anilines is 1. The molecule has 1 unspecified atom stereocenters. The highest BCUT2D eigenvalue weighted by Gasteiger charge is 2.47. The standard InChI is InChI=1S/C18H16ClN5O2/c19-14-13-15(23-17(20)22-14)24(10-21-13)8-18-6-12(18)7-25-16(26-9-18)11-4-2-1-3-5-11/h1-6,10,16H,7-9H2,(H2,20,22,23)/t16?,18-/m0/s1. The predicted octanol–water partition coefficient (Wildman–Crippen LogP) is 2.73. The molecule has 5 rings (SSSR count). The highest BCUT2D eigenvalue weighted by Crippen LogP contribution is 2.49. The molecule has 2 N–H and O–H groups in total. The van der Waals surface area contributed by atoms with Gasteiger partial charge >= 0.3 is 0 Å². The summed E-state index contributed by atoms with van der Waals surface area (Å²) in [6.07, 6.45) is 3.55. The molecule has 1 aliphatic heterocycles. The van der Waals surface area contributed by atoms with Crippen molar-refractivity contribution in [1.29, 1.82) is 0 Å². The number of nitrogens with zero attached hydrogens (tertiary/aromatic N) is 4. The van der Waals surface area contributed by atoms with Gasteiger partial charge in [0.2, 0.25) is 5.95 Å². The number of halogens is 1. The molecule has 2 aromatic heterocycles. The first-order chi connectivity index (χ1) is 12.6. The molecule has 8 heteroatoms. The minimum atomic E-state index is -0.353. The third kappa shape index (κ3) is 2.56. The zero-order valence-corrected chi connectivity index (χ0v) is 14.6. The van der Waals surface area contributed by atoms with Crippen molar-refractivity contribution in [3.8, 4) is 0 Å².